The van der Waals surface area contributed by atoms with Gasteiger partial charge < -0.3 is 10.8 Å². The molecule has 70 valence electrons. The summed E-state index contributed by atoms with van der Waals surface area (Å²) in [7, 11) is 0. The number of aryl methyl sites for hydroxylation is 1. The van der Waals surface area contributed by atoms with Gasteiger partial charge in [0.05, 0.1) is 11.1 Å². The maximum absolute atomic E-state index is 9.56. The molecule has 3 N–H and O–H groups in total. The Labute approximate surface area is 82.6 Å². The summed E-state index contributed by atoms with van der Waals surface area (Å²) in [6.07, 6.45) is 1.56. The summed E-state index contributed by atoms with van der Waals surface area (Å²) in [6, 6.07) is 3.11. The van der Waals surface area contributed by atoms with Crippen LogP contribution in [0.25, 0.3) is 0 Å². The fourth-order valence-electron chi connectivity index (χ4n) is 1.14. The molecule has 13 heavy (non-hydrogen) atoms. The van der Waals surface area contributed by atoms with E-state index < -0.39 is 0 Å². The molecule has 0 radical (unpaired) electrons. The predicted octanol–water partition coefficient (Wildman–Crippen LogP) is 2.54. The minimum absolute atomic E-state index is 0.0414. The van der Waals surface area contributed by atoms with E-state index in [4.69, 9.17) is 17.3 Å². The van der Waals surface area contributed by atoms with Crippen molar-refractivity contribution in [3.63, 3.8) is 0 Å². The van der Waals surface area contributed by atoms with E-state index in [-0.39, 0.29) is 11.8 Å². The van der Waals surface area contributed by atoms with E-state index in [0.717, 1.165) is 5.56 Å². The van der Waals surface area contributed by atoms with Gasteiger partial charge in [0.1, 0.15) is 5.75 Å². The third-order valence-corrected chi connectivity index (χ3v) is 2.14. The third kappa shape index (κ3) is 2.02. The van der Waals surface area contributed by atoms with Crippen LogP contribution in [0.1, 0.15) is 17.2 Å². The first-order valence-electron chi connectivity index (χ1n) is 3.93. The quantitative estimate of drug-likeness (QED) is 0.716. The highest BCUT2D eigenvalue weighted by atomic mass is 35.5. The van der Waals surface area contributed by atoms with Gasteiger partial charge in [0.25, 0.3) is 0 Å². The topological polar surface area (TPSA) is 46.2 Å². The molecular weight excluding hydrogens is 186 g/mol. The van der Waals surface area contributed by atoms with Crippen LogP contribution >= 0.6 is 11.6 Å². The summed E-state index contributed by atoms with van der Waals surface area (Å²) in [5.74, 6) is 0.0414. The van der Waals surface area contributed by atoms with Crippen LogP contribution in [0.2, 0.25) is 5.02 Å². The molecule has 0 bridgehead atoms. The third-order valence-electron chi connectivity index (χ3n) is 1.85. The summed E-state index contributed by atoms with van der Waals surface area (Å²) in [6.45, 7) is 5.45. The van der Waals surface area contributed by atoms with Crippen molar-refractivity contribution >= 4 is 11.6 Å². The lowest BCUT2D eigenvalue weighted by Crippen LogP contribution is -2.07. The molecule has 0 heterocycles. The van der Waals surface area contributed by atoms with Gasteiger partial charge in [0.15, 0.2) is 0 Å². The fraction of sp³-hybridized carbons (Fsp3) is 0.200. The van der Waals surface area contributed by atoms with Crippen LogP contribution in [-0.4, -0.2) is 5.11 Å². The van der Waals surface area contributed by atoms with Gasteiger partial charge in [0, 0.05) is 5.56 Å². The Morgan fingerprint density at radius 2 is 2.23 bits per heavy atom. The largest absolute Gasteiger partial charge is 0.506 e. The molecule has 0 unspecified atom stereocenters. The summed E-state index contributed by atoms with van der Waals surface area (Å²) < 4.78 is 0. The molecule has 0 saturated heterocycles. The van der Waals surface area contributed by atoms with Crippen LogP contribution in [-0.2, 0) is 0 Å². The normalized spacial score (nSPS) is 12.5. The Balaban J connectivity index is 3.27. The van der Waals surface area contributed by atoms with Crippen LogP contribution in [0.15, 0.2) is 24.8 Å². The Hall–Kier alpha value is -0.990. The second-order valence-electron chi connectivity index (χ2n) is 2.95. The Morgan fingerprint density at radius 3 is 2.77 bits per heavy atom. The highest BCUT2D eigenvalue weighted by molar-refractivity contribution is 6.32. The van der Waals surface area contributed by atoms with Gasteiger partial charge in [-0.05, 0) is 18.6 Å². The smallest absolute Gasteiger partial charge is 0.139 e. The van der Waals surface area contributed by atoms with Gasteiger partial charge >= 0.3 is 0 Å². The van der Waals surface area contributed by atoms with E-state index in [0.29, 0.717) is 10.6 Å². The van der Waals surface area contributed by atoms with Gasteiger partial charge in [-0.15, -0.1) is 6.58 Å². The van der Waals surface area contributed by atoms with E-state index >= 15 is 0 Å². The van der Waals surface area contributed by atoms with Gasteiger partial charge in [0.2, 0.25) is 0 Å². The first-order chi connectivity index (χ1) is 6.06. The molecule has 1 aromatic rings. The number of hydrogen-bond acceptors (Lipinski definition) is 2. The molecule has 0 spiro atoms. The van der Waals surface area contributed by atoms with Crippen LogP contribution in [0.3, 0.4) is 0 Å². The second kappa shape index (κ2) is 3.81. The maximum Gasteiger partial charge on any atom is 0.139 e. The van der Waals surface area contributed by atoms with E-state index in [2.05, 4.69) is 6.58 Å². The minimum Gasteiger partial charge on any atom is -0.506 e. The molecule has 0 saturated carbocycles. The monoisotopic (exact) mass is 197 g/mol. The first kappa shape index (κ1) is 10.1. The number of aromatic hydroxyl groups is 1. The molecule has 3 heteroatoms. The second-order valence-corrected chi connectivity index (χ2v) is 3.35. The molecule has 1 atom stereocenters. The molecule has 0 aliphatic rings. The SMILES string of the molecule is C=C[C@@H](N)c1cc(C)cc(Cl)c1O. The highest BCUT2D eigenvalue weighted by Gasteiger charge is 2.11. The predicted molar refractivity (Wildman–Crippen MR) is 55.0 cm³/mol. The molecule has 0 fully saturated rings. The van der Waals surface area contributed by atoms with E-state index in [1.54, 1.807) is 18.2 Å². The van der Waals surface area contributed by atoms with Crippen molar-refractivity contribution in [2.24, 2.45) is 5.73 Å². The lowest BCUT2D eigenvalue weighted by molar-refractivity contribution is 0.466. The standard InChI is InChI=1S/C10H12ClNO/c1-3-9(12)7-4-6(2)5-8(11)10(7)13/h3-5,9,13H,1,12H2,2H3/t9-/m1/s1. The van der Waals surface area contributed by atoms with Gasteiger partial charge in [-0.25, -0.2) is 0 Å². The highest BCUT2D eigenvalue weighted by Crippen LogP contribution is 2.32. The fourth-order valence-corrected chi connectivity index (χ4v) is 1.42. The number of halogens is 1. The number of rotatable bonds is 2. The first-order valence-corrected chi connectivity index (χ1v) is 4.31. The average Bonchev–Trinajstić information content (AvgIpc) is 2.10. The number of phenols is 1. The Bertz CT molecular complexity index is 336. The summed E-state index contributed by atoms with van der Waals surface area (Å²) in [4.78, 5) is 0. The zero-order chi connectivity index (χ0) is 10.0. The lowest BCUT2D eigenvalue weighted by atomic mass is 10.0. The summed E-state index contributed by atoms with van der Waals surface area (Å²) >= 11 is 5.78. The minimum atomic E-state index is -0.377. The molecule has 0 amide bonds. The number of nitrogens with two attached hydrogens (primary N) is 1. The molecule has 0 aromatic heterocycles. The van der Waals surface area contributed by atoms with Crippen molar-refractivity contribution in [2.45, 2.75) is 13.0 Å². The average molecular weight is 198 g/mol. The number of phenolic OH excluding ortho intramolecular Hbond substituents is 1. The van der Waals surface area contributed by atoms with Crippen LogP contribution in [0, 0.1) is 6.92 Å². The molecule has 1 aromatic carbocycles. The Kier molecular flexibility index (Phi) is 2.96. The van der Waals surface area contributed by atoms with Gasteiger partial charge in [-0.1, -0.05) is 23.7 Å². The zero-order valence-corrected chi connectivity index (χ0v) is 8.17. The van der Waals surface area contributed by atoms with Crippen molar-refractivity contribution in [2.75, 3.05) is 0 Å². The van der Waals surface area contributed by atoms with Crippen molar-refractivity contribution in [3.8, 4) is 5.75 Å². The lowest BCUT2D eigenvalue weighted by Gasteiger charge is -2.11. The van der Waals surface area contributed by atoms with Crippen molar-refractivity contribution in [3.05, 3.63) is 40.9 Å². The maximum atomic E-state index is 9.56. The van der Waals surface area contributed by atoms with E-state index in [9.17, 15) is 5.11 Å². The molecule has 0 aliphatic heterocycles. The Morgan fingerprint density at radius 1 is 1.62 bits per heavy atom. The summed E-state index contributed by atoms with van der Waals surface area (Å²) in [5.41, 5.74) is 7.27. The molecule has 2 nitrogen and oxygen atoms in total. The van der Waals surface area contributed by atoms with Gasteiger partial charge in [-0.3, -0.25) is 0 Å². The van der Waals surface area contributed by atoms with Crippen LogP contribution in [0.4, 0.5) is 0 Å². The van der Waals surface area contributed by atoms with Crippen LogP contribution in [0.5, 0.6) is 5.75 Å². The molecular formula is C10H12ClNO. The zero-order valence-electron chi connectivity index (χ0n) is 7.42. The molecule has 0 aliphatic carbocycles. The number of hydrogen-bond donors (Lipinski definition) is 2. The van der Waals surface area contributed by atoms with Gasteiger partial charge in [-0.2, -0.15) is 0 Å². The summed E-state index contributed by atoms with van der Waals surface area (Å²) in [5, 5.41) is 9.89. The van der Waals surface area contributed by atoms with Crippen molar-refractivity contribution in [1.29, 1.82) is 0 Å². The number of benzene rings is 1. The van der Waals surface area contributed by atoms with Crippen molar-refractivity contribution < 1.29 is 5.11 Å². The van der Waals surface area contributed by atoms with Crippen molar-refractivity contribution in [1.82, 2.24) is 0 Å². The van der Waals surface area contributed by atoms with Crippen LogP contribution < -0.4 is 5.73 Å². The van der Waals surface area contributed by atoms with E-state index in [1.165, 1.54) is 0 Å². The van der Waals surface area contributed by atoms with E-state index in [1.807, 2.05) is 6.92 Å². The molecule has 1 rings (SSSR count).